The van der Waals surface area contributed by atoms with E-state index in [1.54, 1.807) is 18.0 Å². The summed E-state index contributed by atoms with van der Waals surface area (Å²) in [5, 5.41) is 3.94. The van der Waals surface area contributed by atoms with Crippen LogP contribution < -0.4 is 5.32 Å². The van der Waals surface area contributed by atoms with Crippen molar-refractivity contribution >= 4 is 35.0 Å². The predicted molar refractivity (Wildman–Crippen MR) is 130 cm³/mol. The predicted octanol–water partition coefficient (Wildman–Crippen LogP) is 5.31. The Morgan fingerprint density at radius 1 is 0.906 bits per heavy atom. The molecule has 0 radical (unpaired) electrons. The fourth-order valence-electron chi connectivity index (χ4n) is 3.64. The van der Waals surface area contributed by atoms with Crippen LogP contribution in [0.1, 0.15) is 23.1 Å². The zero-order chi connectivity index (χ0) is 22.9. The molecule has 0 aromatic heterocycles. The third kappa shape index (κ3) is 6.59. The molecule has 166 valence electrons. The lowest BCUT2D eigenvalue weighted by Crippen LogP contribution is -2.49. The van der Waals surface area contributed by atoms with Crippen molar-refractivity contribution in [2.24, 2.45) is 0 Å². The van der Waals surface area contributed by atoms with E-state index >= 15 is 0 Å². The number of hydrogen-bond donors (Lipinski definition) is 1. The summed E-state index contributed by atoms with van der Waals surface area (Å²) in [6.07, 6.45) is 1.15. The molecule has 3 rings (SSSR count). The normalized spacial score (nSPS) is 11.6. The number of amides is 2. The minimum atomic E-state index is -0.653. The van der Waals surface area contributed by atoms with Crippen molar-refractivity contribution in [3.63, 3.8) is 0 Å². The maximum absolute atomic E-state index is 13.4. The molecule has 4 nitrogen and oxygen atoms in total. The van der Waals surface area contributed by atoms with E-state index in [1.807, 2.05) is 72.8 Å². The van der Waals surface area contributed by atoms with Gasteiger partial charge in [0.05, 0.1) is 0 Å². The molecule has 0 aliphatic rings. The summed E-state index contributed by atoms with van der Waals surface area (Å²) < 4.78 is 0. The SMILES string of the molecule is CNC(=O)C(Cc1ccccc1)N(Cc1cccc(Cl)c1)C(=O)CCc1ccccc1Cl. The van der Waals surface area contributed by atoms with Gasteiger partial charge in [-0.1, -0.05) is 83.9 Å². The van der Waals surface area contributed by atoms with E-state index < -0.39 is 6.04 Å². The number of carbonyl (C=O) groups is 2. The van der Waals surface area contributed by atoms with Crippen LogP contribution in [0.3, 0.4) is 0 Å². The number of rotatable bonds is 9. The Bertz CT molecular complexity index is 1060. The molecule has 0 saturated carbocycles. The van der Waals surface area contributed by atoms with Crippen molar-refractivity contribution in [1.82, 2.24) is 10.2 Å². The number of carbonyl (C=O) groups excluding carboxylic acids is 2. The number of halogens is 2. The van der Waals surface area contributed by atoms with Gasteiger partial charge in [-0.3, -0.25) is 9.59 Å². The number of benzene rings is 3. The highest BCUT2D eigenvalue weighted by atomic mass is 35.5. The van der Waals surface area contributed by atoms with Gasteiger partial charge in [-0.15, -0.1) is 0 Å². The molecule has 1 N–H and O–H groups in total. The summed E-state index contributed by atoms with van der Waals surface area (Å²) in [6.45, 7) is 0.285. The van der Waals surface area contributed by atoms with Gasteiger partial charge in [0.25, 0.3) is 0 Å². The van der Waals surface area contributed by atoms with E-state index in [4.69, 9.17) is 23.2 Å². The van der Waals surface area contributed by atoms with Crippen LogP contribution in [0.2, 0.25) is 10.0 Å². The van der Waals surface area contributed by atoms with Crippen LogP contribution in [0.15, 0.2) is 78.9 Å². The summed E-state index contributed by atoms with van der Waals surface area (Å²) in [7, 11) is 1.59. The second-order valence-electron chi connectivity index (χ2n) is 7.56. The summed E-state index contributed by atoms with van der Waals surface area (Å²) >= 11 is 12.4. The molecule has 3 aromatic rings. The second-order valence-corrected chi connectivity index (χ2v) is 8.41. The lowest BCUT2D eigenvalue weighted by Gasteiger charge is -2.31. The number of nitrogens with zero attached hydrogens (tertiary/aromatic N) is 1. The first-order valence-electron chi connectivity index (χ1n) is 10.5. The van der Waals surface area contributed by atoms with E-state index in [1.165, 1.54) is 0 Å². The minimum absolute atomic E-state index is 0.116. The fourth-order valence-corrected chi connectivity index (χ4v) is 4.08. The van der Waals surface area contributed by atoms with Gasteiger partial charge in [-0.25, -0.2) is 0 Å². The summed E-state index contributed by atoms with van der Waals surface area (Å²) in [6, 6.07) is 23.9. The maximum atomic E-state index is 13.4. The van der Waals surface area contributed by atoms with E-state index in [0.717, 1.165) is 16.7 Å². The van der Waals surface area contributed by atoms with Gasteiger partial charge in [0.1, 0.15) is 6.04 Å². The van der Waals surface area contributed by atoms with E-state index in [-0.39, 0.29) is 24.8 Å². The molecule has 6 heteroatoms. The molecular weight excluding hydrogens is 443 g/mol. The lowest BCUT2D eigenvalue weighted by atomic mass is 10.0. The van der Waals surface area contributed by atoms with Crippen molar-refractivity contribution in [2.45, 2.75) is 31.8 Å². The van der Waals surface area contributed by atoms with Crippen LogP contribution in [0, 0.1) is 0 Å². The average Bonchev–Trinajstić information content (AvgIpc) is 2.81. The Morgan fingerprint density at radius 2 is 1.59 bits per heavy atom. The van der Waals surface area contributed by atoms with Gasteiger partial charge < -0.3 is 10.2 Å². The van der Waals surface area contributed by atoms with Crippen LogP contribution >= 0.6 is 23.2 Å². The third-order valence-corrected chi connectivity index (χ3v) is 5.93. The largest absolute Gasteiger partial charge is 0.357 e. The van der Waals surface area contributed by atoms with Crippen molar-refractivity contribution in [3.8, 4) is 0 Å². The first-order chi connectivity index (χ1) is 15.5. The first-order valence-corrected chi connectivity index (χ1v) is 11.3. The molecule has 2 amide bonds. The minimum Gasteiger partial charge on any atom is -0.357 e. The van der Waals surface area contributed by atoms with E-state index in [9.17, 15) is 9.59 Å². The summed E-state index contributed by atoms with van der Waals surface area (Å²) in [5.41, 5.74) is 2.76. The van der Waals surface area contributed by atoms with Crippen LogP contribution in [-0.4, -0.2) is 29.8 Å². The molecule has 3 aromatic carbocycles. The van der Waals surface area contributed by atoms with Gasteiger partial charge in [-0.05, 0) is 41.3 Å². The topological polar surface area (TPSA) is 49.4 Å². The molecule has 0 heterocycles. The van der Waals surface area contributed by atoms with Crippen molar-refractivity contribution in [3.05, 3.63) is 106 Å². The quantitative estimate of drug-likeness (QED) is 0.462. The fraction of sp³-hybridized carbons (Fsp3) is 0.231. The molecule has 0 fully saturated rings. The monoisotopic (exact) mass is 468 g/mol. The Hall–Kier alpha value is -2.82. The highest BCUT2D eigenvalue weighted by Crippen LogP contribution is 2.21. The third-order valence-electron chi connectivity index (χ3n) is 5.33. The van der Waals surface area contributed by atoms with Crippen LogP contribution in [0.25, 0.3) is 0 Å². The second kappa shape index (κ2) is 11.7. The first kappa shape index (κ1) is 23.8. The Morgan fingerprint density at radius 3 is 2.28 bits per heavy atom. The molecule has 32 heavy (non-hydrogen) atoms. The number of likely N-dealkylation sites (N-methyl/N-ethyl adjacent to an activating group) is 1. The summed E-state index contributed by atoms with van der Waals surface area (Å²) in [4.78, 5) is 28.0. The highest BCUT2D eigenvalue weighted by Gasteiger charge is 2.29. The molecular formula is C26H26Cl2N2O2. The zero-order valence-electron chi connectivity index (χ0n) is 17.9. The van der Waals surface area contributed by atoms with Crippen molar-refractivity contribution < 1.29 is 9.59 Å². The van der Waals surface area contributed by atoms with E-state index in [0.29, 0.717) is 22.9 Å². The van der Waals surface area contributed by atoms with Gasteiger partial charge in [0.15, 0.2) is 0 Å². The number of hydrogen-bond acceptors (Lipinski definition) is 2. The average molecular weight is 469 g/mol. The lowest BCUT2D eigenvalue weighted by molar-refractivity contribution is -0.141. The molecule has 0 saturated heterocycles. The molecule has 1 unspecified atom stereocenters. The van der Waals surface area contributed by atoms with Gasteiger partial charge >= 0.3 is 0 Å². The van der Waals surface area contributed by atoms with Crippen molar-refractivity contribution in [2.75, 3.05) is 7.05 Å². The highest BCUT2D eigenvalue weighted by molar-refractivity contribution is 6.31. The maximum Gasteiger partial charge on any atom is 0.242 e. The van der Waals surface area contributed by atoms with Crippen LogP contribution in [0.5, 0.6) is 0 Å². The summed E-state index contributed by atoms with van der Waals surface area (Å²) in [5.74, 6) is -0.323. The Labute approximate surface area is 199 Å². The molecule has 0 spiro atoms. The van der Waals surface area contributed by atoms with Crippen LogP contribution in [-0.2, 0) is 29.0 Å². The molecule has 0 bridgehead atoms. The standard InChI is InChI=1S/C26H26Cl2N2O2/c1-29-26(32)24(17-19-8-3-2-4-9-19)30(18-20-10-7-12-22(27)16-20)25(31)15-14-21-11-5-6-13-23(21)28/h2-13,16,24H,14-15,17-18H2,1H3,(H,29,32). The smallest absolute Gasteiger partial charge is 0.242 e. The molecule has 0 aliphatic carbocycles. The van der Waals surface area contributed by atoms with Gasteiger partial charge in [0.2, 0.25) is 11.8 Å². The molecule has 1 atom stereocenters. The van der Waals surface area contributed by atoms with Gasteiger partial charge in [0, 0.05) is 36.5 Å². The number of nitrogens with one attached hydrogen (secondary N) is 1. The Balaban J connectivity index is 1.88. The Kier molecular flexibility index (Phi) is 8.72. The zero-order valence-corrected chi connectivity index (χ0v) is 19.4. The van der Waals surface area contributed by atoms with E-state index in [2.05, 4.69) is 5.32 Å². The number of aryl methyl sites for hydroxylation is 1. The van der Waals surface area contributed by atoms with Crippen molar-refractivity contribution in [1.29, 1.82) is 0 Å². The van der Waals surface area contributed by atoms with Gasteiger partial charge in [-0.2, -0.15) is 0 Å². The molecule has 0 aliphatic heterocycles. The van der Waals surface area contributed by atoms with Crippen LogP contribution in [0.4, 0.5) is 0 Å².